The van der Waals surface area contributed by atoms with Crippen molar-refractivity contribution >= 4 is 39.2 Å². The highest BCUT2D eigenvalue weighted by atomic mass is 35.5. The first kappa shape index (κ1) is 21.5. The third-order valence-corrected chi connectivity index (χ3v) is 5.97. The fourth-order valence-corrected chi connectivity index (χ4v) is 4.14. The van der Waals surface area contributed by atoms with Gasteiger partial charge in [0.2, 0.25) is 10.0 Å². The van der Waals surface area contributed by atoms with Gasteiger partial charge in [-0.25, -0.2) is 8.42 Å². The van der Waals surface area contributed by atoms with Crippen LogP contribution >= 0.6 is 11.6 Å². The van der Waals surface area contributed by atoms with Gasteiger partial charge in [0.05, 0.1) is 11.9 Å². The van der Waals surface area contributed by atoms with Crippen molar-refractivity contribution in [2.45, 2.75) is 38.6 Å². The third-order valence-electron chi connectivity index (χ3n) is 4.59. The first-order chi connectivity index (χ1) is 12.7. The number of amides is 1. The number of hydrogen-bond acceptors (Lipinski definition) is 5. The number of halogens is 1. The fraction of sp³-hybridized carbons (Fsp3) is 0.556. The Bertz CT molecular complexity index is 784. The lowest BCUT2D eigenvalue weighted by Crippen LogP contribution is -2.43. The van der Waals surface area contributed by atoms with E-state index in [0.717, 1.165) is 36.2 Å². The highest BCUT2D eigenvalue weighted by Gasteiger charge is 2.25. The summed E-state index contributed by atoms with van der Waals surface area (Å²) in [6.45, 7) is 1.12. The Labute approximate surface area is 165 Å². The molecule has 1 fully saturated rings. The molecule has 0 spiro atoms. The molecule has 0 aromatic heterocycles. The zero-order valence-corrected chi connectivity index (χ0v) is 17.1. The van der Waals surface area contributed by atoms with Crippen LogP contribution in [-0.2, 0) is 24.3 Å². The summed E-state index contributed by atoms with van der Waals surface area (Å²) in [6, 6.07) is 6.23. The van der Waals surface area contributed by atoms with E-state index in [0.29, 0.717) is 10.9 Å². The Morgan fingerprint density at radius 3 is 2.63 bits per heavy atom. The van der Waals surface area contributed by atoms with Crippen LogP contribution in [0.1, 0.15) is 32.6 Å². The topological polar surface area (TPSA) is 92.8 Å². The van der Waals surface area contributed by atoms with E-state index in [1.165, 1.54) is 12.1 Å². The molecule has 1 aliphatic rings. The van der Waals surface area contributed by atoms with Crippen LogP contribution in [0.4, 0.5) is 5.69 Å². The van der Waals surface area contributed by atoms with Crippen molar-refractivity contribution in [3.63, 3.8) is 0 Å². The summed E-state index contributed by atoms with van der Waals surface area (Å²) in [4.78, 5) is 24.1. The van der Waals surface area contributed by atoms with E-state index in [1.54, 1.807) is 12.1 Å². The van der Waals surface area contributed by atoms with Crippen LogP contribution in [0.25, 0.3) is 0 Å². The molecule has 9 heteroatoms. The van der Waals surface area contributed by atoms with Crippen molar-refractivity contribution in [1.82, 2.24) is 5.32 Å². The van der Waals surface area contributed by atoms with Gasteiger partial charge in [0.15, 0.2) is 6.61 Å². The molecule has 2 rings (SSSR count). The number of hydrogen-bond donors (Lipinski definition) is 1. The minimum Gasteiger partial charge on any atom is -0.454 e. The number of carbonyl (C=O) groups excluding carboxylic acids is 2. The van der Waals surface area contributed by atoms with E-state index < -0.39 is 29.1 Å². The SMILES string of the molecule is C[C@@H]1CCCC[C@H]1NC(=O)COC(=O)CN(c1cccc(Cl)c1)S(C)(=O)=O. The summed E-state index contributed by atoms with van der Waals surface area (Å²) < 4.78 is 29.9. The second kappa shape index (κ2) is 9.41. The molecule has 0 aliphatic heterocycles. The number of sulfonamides is 1. The van der Waals surface area contributed by atoms with Gasteiger partial charge in [0.1, 0.15) is 6.54 Å². The lowest BCUT2D eigenvalue weighted by atomic mass is 9.86. The van der Waals surface area contributed by atoms with E-state index in [-0.39, 0.29) is 17.6 Å². The number of benzene rings is 1. The van der Waals surface area contributed by atoms with E-state index in [9.17, 15) is 18.0 Å². The van der Waals surface area contributed by atoms with E-state index in [4.69, 9.17) is 16.3 Å². The molecule has 1 N–H and O–H groups in total. The van der Waals surface area contributed by atoms with Crippen LogP contribution in [0, 0.1) is 5.92 Å². The molecule has 27 heavy (non-hydrogen) atoms. The largest absolute Gasteiger partial charge is 0.454 e. The molecule has 0 saturated heterocycles. The summed E-state index contributed by atoms with van der Waals surface area (Å²) in [6.07, 6.45) is 5.19. The van der Waals surface area contributed by atoms with Gasteiger partial charge in [-0.1, -0.05) is 37.4 Å². The molecule has 1 amide bonds. The molecule has 1 aromatic carbocycles. The number of nitrogens with zero attached hydrogens (tertiary/aromatic N) is 1. The maximum absolute atomic E-state index is 12.1. The highest BCUT2D eigenvalue weighted by molar-refractivity contribution is 7.92. The Morgan fingerprint density at radius 1 is 1.30 bits per heavy atom. The maximum atomic E-state index is 12.1. The maximum Gasteiger partial charge on any atom is 0.327 e. The molecule has 1 aromatic rings. The Kier molecular flexibility index (Phi) is 7.49. The van der Waals surface area contributed by atoms with Crippen molar-refractivity contribution < 1.29 is 22.7 Å². The lowest BCUT2D eigenvalue weighted by Gasteiger charge is -2.29. The minimum absolute atomic E-state index is 0.0870. The van der Waals surface area contributed by atoms with E-state index in [2.05, 4.69) is 12.2 Å². The summed E-state index contributed by atoms with van der Waals surface area (Å²) >= 11 is 5.89. The first-order valence-electron chi connectivity index (χ1n) is 8.85. The van der Waals surface area contributed by atoms with Gasteiger partial charge < -0.3 is 10.1 Å². The predicted octanol–water partition coefficient (Wildman–Crippen LogP) is 2.34. The molecular weight excluding hydrogens is 392 g/mol. The standard InChI is InChI=1S/C18H25ClN2O5S/c1-13-6-3-4-9-16(13)20-17(22)12-26-18(23)11-21(27(2,24)25)15-8-5-7-14(19)10-15/h5,7-8,10,13,16H,3-4,6,9,11-12H2,1-2H3,(H,20,22)/t13-,16-/m1/s1. The Hall–Kier alpha value is -1.80. The Balaban J connectivity index is 1.91. The molecule has 150 valence electrons. The average molecular weight is 417 g/mol. The van der Waals surface area contributed by atoms with Crippen molar-refractivity contribution in [2.24, 2.45) is 5.92 Å². The van der Waals surface area contributed by atoms with Crippen LogP contribution in [0.2, 0.25) is 5.02 Å². The second-order valence-corrected chi connectivity index (χ2v) is 9.19. The smallest absolute Gasteiger partial charge is 0.327 e. The molecule has 0 unspecified atom stereocenters. The van der Waals surface area contributed by atoms with Crippen molar-refractivity contribution in [3.8, 4) is 0 Å². The zero-order chi connectivity index (χ0) is 20.0. The lowest BCUT2D eigenvalue weighted by molar-refractivity contribution is -0.147. The second-order valence-electron chi connectivity index (χ2n) is 6.85. The average Bonchev–Trinajstić information content (AvgIpc) is 2.59. The van der Waals surface area contributed by atoms with Crippen molar-refractivity contribution in [2.75, 3.05) is 23.7 Å². The van der Waals surface area contributed by atoms with Gasteiger partial charge in [-0.3, -0.25) is 13.9 Å². The van der Waals surface area contributed by atoms with Crippen LogP contribution in [0.5, 0.6) is 0 Å². The van der Waals surface area contributed by atoms with Crippen LogP contribution < -0.4 is 9.62 Å². The minimum atomic E-state index is -3.73. The summed E-state index contributed by atoms with van der Waals surface area (Å²) in [5, 5.41) is 3.22. The van der Waals surface area contributed by atoms with Crippen molar-refractivity contribution in [1.29, 1.82) is 0 Å². The predicted molar refractivity (Wildman–Crippen MR) is 104 cm³/mol. The summed E-state index contributed by atoms with van der Waals surface area (Å²) in [5.41, 5.74) is 0.252. The van der Waals surface area contributed by atoms with Gasteiger partial charge in [0, 0.05) is 11.1 Å². The molecule has 2 atom stereocenters. The van der Waals surface area contributed by atoms with E-state index in [1.807, 2.05) is 0 Å². The van der Waals surface area contributed by atoms with Gasteiger partial charge in [-0.2, -0.15) is 0 Å². The van der Waals surface area contributed by atoms with Gasteiger partial charge in [0.25, 0.3) is 5.91 Å². The zero-order valence-electron chi connectivity index (χ0n) is 15.5. The first-order valence-corrected chi connectivity index (χ1v) is 11.1. The van der Waals surface area contributed by atoms with Gasteiger partial charge in [-0.05, 0) is 37.0 Å². The number of nitrogens with one attached hydrogen (secondary N) is 1. The number of anilines is 1. The van der Waals surface area contributed by atoms with Gasteiger partial charge in [-0.15, -0.1) is 0 Å². The monoisotopic (exact) mass is 416 g/mol. The molecular formula is C18H25ClN2O5S. The van der Waals surface area contributed by atoms with Crippen LogP contribution in [0.15, 0.2) is 24.3 Å². The number of rotatable bonds is 7. The number of esters is 1. The highest BCUT2D eigenvalue weighted by Crippen LogP contribution is 2.24. The van der Waals surface area contributed by atoms with Crippen molar-refractivity contribution in [3.05, 3.63) is 29.3 Å². The molecule has 0 radical (unpaired) electrons. The Morgan fingerprint density at radius 2 is 2.00 bits per heavy atom. The molecule has 7 nitrogen and oxygen atoms in total. The van der Waals surface area contributed by atoms with E-state index >= 15 is 0 Å². The normalized spacial score (nSPS) is 20.0. The summed E-state index contributed by atoms with van der Waals surface area (Å²) in [5.74, 6) is -0.801. The quantitative estimate of drug-likeness (QED) is 0.688. The molecule has 0 bridgehead atoms. The number of ether oxygens (including phenoxy) is 1. The number of carbonyl (C=O) groups is 2. The molecule has 0 heterocycles. The van der Waals surface area contributed by atoms with Crippen LogP contribution in [-0.4, -0.2) is 45.7 Å². The van der Waals surface area contributed by atoms with Crippen LogP contribution in [0.3, 0.4) is 0 Å². The third kappa shape index (κ3) is 6.70. The van der Waals surface area contributed by atoms with Gasteiger partial charge >= 0.3 is 5.97 Å². The molecule has 1 aliphatic carbocycles. The molecule has 1 saturated carbocycles. The fourth-order valence-electron chi connectivity index (χ4n) is 3.12. The summed E-state index contributed by atoms with van der Waals surface area (Å²) in [7, 11) is -3.73.